The smallest absolute Gasteiger partial charge is 0.244 e. The molecule has 0 radical (unpaired) electrons. The molecule has 1 aliphatic rings. The lowest BCUT2D eigenvalue weighted by Gasteiger charge is -2.34. The molecular weight excluding hydrogens is 426 g/mol. The van der Waals surface area contributed by atoms with Gasteiger partial charge < -0.3 is 4.90 Å². The number of pyridine rings is 1. The van der Waals surface area contributed by atoms with Gasteiger partial charge in [0.25, 0.3) is 0 Å². The van der Waals surface area contributed by atoms with Crippen LogP contribution in [0.4, 0.5) is 0 Å². The van der Waals surface area contributed by atoms with E-state index in [2.05, 4.69) is 52.3 Å². The van der Waals surface area contributed by atoms with Gasteiger partial charge in [-0.25, -0.2) is 9.67 Å². The summed E-state index contributed by atoms with van der Waals surface area (Å²) in [6.45, 7) is 11.3. The average molecular weight is 458 g/mol. The number of hydrogen-bond donors (Lipinski definition) is 0. The third-order valence-corrected chi connectivity index (χ3v) is 6.67. The lowest BCUT2D eigenvalue weighted by molar-refractivity contribution is -0.133. The van der Waals surface area contributed by atoms with E-state index in [4.69, 9.17) is 0 Å². The Morgan fingerprint density at radius 1 is 0.971 bits per heavy atom. The minimum Gasteiger partial charge on any atom is -0.339 e. The molecule has 176 valence electrons. The maximum absolute atomic E-state index is 13.1. The largest absolute Gasteiger partial charge is 0.339 e. The van der Waals surface area contributed by atoms with Gasteiger partial charge in [0.15, 0.2) is 5.65 Å². The lowest BCUT2D eigenvalue weighted by atomic mass is 10.0. The highest BCUT2D eigenvalue weighted by Crippen LogP contribution is 2.29. The van der Waals surface area contributed by atoms with Gasteiger partial charge in [-0.3, -0.25) is 14.4 Å². The molecule has 1 saturated heterocycles. The highest BCUT2D eigenvalue weighted by atomic mass is 16.2. The zero-order valence-electron chi connectivity index (χ0n) is 20.1. The van der Waals surface area contributed by atoms with E-state index in [1.165, 1.54) is 5.56 Å². The Morgan fingerprint density at radius 2 is 1.74 bits per heavy atom. The van der Waals surface area contributed by atoms with Gasteiger partial charge in [0.05, 0.1) is 11.4 Å². The molecule has 1 aromatic carbocycles. The minimum absolute atomic E-state index is 0.0888. The Morgan fingerprint density at radius 3 is 2.44 bits per heavy atom. The van der Waals surface area contributed by atoms with Crippen LogP contribution in [-0.2, 0) is 24.4 Å². The molecule has 0 bridgehead atoms. The van der Waals surface area contributed by atoms with Crippen LogP contribution in [0.1, 0.15) is 23.9 Å². The van der Waals surface area contributed by atoms with Crippen molar-refractivity contribution >= 4 is 16.9 Å². The Hall–Kier alpha value is -3.52. The molecule has 34 heavy (non-hydrogen) atoms. The van der Waals surface area contributed by atoms with Gasteiger partial charge in [0, 0.05) is 62.6 Å². The summed E-state index contributed by atoms with van der Waals surface area (Å²) in [5, 5.41) is 10.2. The number of aromatic nitrogens is 5. The van der Waals surface area contributed by atoms with Crippen LogP contribution in [-0.4, -0.2) is 66.4 Å². The summed E-state index contributed by atoms with van der Waals surface area (Å²) in [7, 11) is 0. The Labute approximate surface area is 199 Å². The van der Waals surface area contributed by atoms with Crippen molar-refractivity contribution in [3.8, 4) is 11.1 Å². The van der Waals surface area contributed by atoms with Crippen LogP contribution in [0, 0.1) is 13.8 Å². The highest BCUT2D eigenvalue weighted by molar-refractivity contribution is 5.95. The molecular formula is C26H31N7O. The van der Waals surface area contributed by atoms with Crippen LogP contribution >= 0.6 is 0 Å². The molecule has 8 nitrogen and oxygen atoms in total. The predicted octanol–water partition coefficient (Wildman–Crippen LogP) is 3.28. The third-order valence-electron chi connectivity index (χ3n) is 6.67. The molecule has 0 saturated carbocycles. The summed E-state index contributed by atoms with van der Waals surface area (Å²) >= 11 is 0. The van der Waals surface area contributed by atoms with Crippen molar-refractivity contribution in [2.75, 3.05) is 26.2 Å². The van der Waals surface area contributed by atoms with Crippen molar-refractivity contribution in [1.82, 2.24) is 34.3 Å². The highest BCUT2D eigenvalue weighted by Gasteiger charge is 2.24. The zero-order chi connectivity index (χ0) is 23.7. The van der Waals surface area contributed by atoms with Crippen LogP contribution in [0.3, 0.4) is 0 Å². The van der Waals surface area contributed by atoms with Gasteiger partial charge in [-0.2, -0.15) is 10.2 Å². The molecule has 1 amide bonds. The SMILES string of the molecule is CCn1cc(CN2CCN(C(=O)Cn3nc(C)c4c(-c5ccccc5)ccnc43)CC2)c(C)n1. The van der Waals surface area contributed by atoms with Crippen molar-refractivity contribution in [2.24, 2.45) is 0 Å². The number of amides is 1. The maximum Gasteiger partial charge on any atom is 0.244 e. The molecule has 0 aliphatic carbocycles. The van der Waals surface area contributed by atoms with E-state index in [-0.39, 0.29) is 12.5 Å². The number of rotatable bonds is 6. The first-order chi connectivity index (χ1) is 16.5. The zero-order valence-corrected chi connectivity index (χ0v) is 20.1. The fourth-order valence-corrected chi connectivity index (χ4v) is 4.75. The second-order valence-corrected chi connectivity index (χ2v) is 8.92. The summed E-state index contributed by atoms with van der Waals surface area (Å²) in [5.74, 6) is 0.0888. The molecule has 0 unspecified atom stereocenters. The van der Waals surface area contributed by atoms with Crippen LogP contribution in [0.5, 0.6) is 0 Å². The number of fused-ring (bicyclic) bond motifs is 1. The minimum atomic E-state index is 0.0888. The van der Waals surface area contributed by atoms with E-state index in [9.17, 15) is 4.79 Å². The molecule has 0 N–H and O–H groups in total. The Bertz CT molecular complexity index is 1300. The van der Waals surface area contributed by atoms with Gasteiger partial charge in [-0.15, -0.1) is 0 Å². The number of aryl methyl sites for hydroxylation is 3. The summed E-state index contributed by atoms with van der Waals surface area (Å²) in [6.07, 6.45) is 3.93. The van der Waals surface area contributed by atoms with E-state index >= 15 is 0 Å². The number of piperazine rings is 1. The van der Waals surface area contributed by atoms with E-state index in [0.29, 0.717) is 0 Å². The maximum atomic E-state index is 13.1. The Kier molecular flexibility index (Phi) is 6.15. The molecule has 4 aromatic rings. The second-order valence-electron chi connectivity index (χ2n) is 8.92. The number of benzene rings is 1. The second kappa shape index (κ2) is 9.38. The number of hydrogen-bond acceptors (Lipinski definition) is 5. The van der Waals surface area contributed by atoms with Crippen molar-refractivity contribution in [2.45, 2.75) is 40.4 Å². The monoisotopic (exact) mass is 457 g/mol. The van der Waals surface area contributed by atoms with E-state index in [1.807, 2.05) is 40.8 Å². The standard InChI is InChI=1S/C26H31N7O/c1-4-32-17-22(19(2)28-32)16-30-12-14-31(15-13-30)24(34)18-33-26-25(20(3)29-33)23(10-11-27-26)21-8-6-5-7-9-21/h5-11,17H,4,12-16,18H2,1-3H3. The third kappa shape index (κ3) is 4.33. The first kappa shape index (κ1) is 22.3. The van der Waals surface area contributed by atoms with Crippen molar-refractivity contribution in [1.29, 1.82) is 0 Å². The van der Waals surface area contributed by atoms with Crippen molar-refractivity contribution in [3.63, 3.8) is 0 Å². The van der Waals surface area contributed by atoms with Gasteiger partial charge in [-0.1, -0.05) is 30.3 Å². The molecule has 8 heteroatoms. The van der Waals surface area contributed by atoms with Crippen LogP contribution in [0.2, 0.25) is 0 Å². The summed E-state index contributed by atoms with van der Waals surface area (Å²) < 4.78 is 3.74. The molecule has 1 aliphatic heterocycles. The number of carbonyl (C=O) groups is 1. The molecule has 3 aromatic heterocycles. The number of nitrogens with zero attached hydrogens (tertiary/aromatic N) is 7. The van der Waals surface area contributed by atoms with E-state index < -0.39 is 0 Å². The fourth-order valence-electron chi connectivity index (χ4n) is 4.75. The predicted molar refractivity (Wildman–Crippen MR) is 132 cm³/mol. The van der Waals surface area contributed by atoms with Crippen LogP contribution < -0.4 is 0 Å². The summed E-state index contributed by atoms with van der Waals surface area (Å²) in [4.78, 5) is 22.1. The van der Waals surface area contributed by atoms with Crippen LogP contribution in [0.25, 0.3) is 22.2 Å². The van der Waals surface area contributed by atoms with Gasteiger partial charge >= 0.3 is 0 Å². The van der Waals surface area contributed by atoms with Crippen LogP contribution in [0.15, 0.2) is 48.8 Å². The first-order valence-corrected chi connectivity index (χ1v) is 11.9. The Balaban J connectivity index is 1.26. The van der Waals surface area contributed by atoms with E-state index in [1.54, 1.807) is 10.9 Å². The lowest BCUT2D eigenvalue weighted by Crippen LogP contribution is -2.49. The average Bonchev–Trinajstić information content (AvgIpc) is 3.38. The molecule has 0 atom stereocenters. The first-order valence-electron chi connectivity index (χ1n) is 11.9. The molecule has 1 fully saturated rings. The van der Waals surface area contributed by atoms with Gasteiger partial charge in [-0.05, 0) is 38.0 Å². The van der Waals surface area contributed by atoms with Gasteiger partial charge in [0.1, 0.15) is 6.54 Å². The molecule has 0 spiro atoms. The van der Waals surface area contributed by atoms with Gasteiger partial charge in [0.2, 0.25) is 5.91 Å². The number of carbonyl (C=O) groups excluding carboxylic acids is 1. The normalized spacial score (nSPS) is 14.7. The van der Waals surface area contributed by atoms with Crippen molar-refractivity contribution in [3.05, 3.63) is 65.7 Å². The molecule has 5 rings (SSSR count). The van der Waals surface area contributed by atoms with Crippen molar-refractivity contribution < 1.29 is 4.79 Å². The fraction of sp³-hybridized carbons (Fsp3) is 0.385. The quantitative estimate of drug-likeness (QED) is 0.444. The summed E-state index contributed by atoms with van der Waals surface area (Å²) in [5.41, 5.74) is 6.22. The molecule has 4 heterocycles. The van der Waals surface area contributed by atoms with E-state index in [0.717, 1.165) is 72.8 Å². The summed E-state index contributed by atoms with van der Waals surface area (Å²) in [6, 6.07) is 12.3. The topological polar surface area (TPSA) is 72.1 Å².